The number of aromatic nitrogens is 1. The highest BCUT2D eigenvalue weighted by Crippen LogP contribution is 2.27. The van der Waals surface area contributed by atoms with E-state index in [-0.39, 0.29) is 17.5 Å². The van der Waals surface area contributed by atoms with E-state index in [0.29, 0.717) is 16.4 Å². The van der Waals surface area contributed by atoms with Crippen LogP contribution in [-0.2, 0) is 0 Å². The van der Waals surface area contributed by atoms with Gasteiger partial charge in [0, 0.05) is 5.56 Å². The number of halogens is 2. The van der Waals surface area contributed by atoms with Crippen molar-refractivity contribution >= 4 is 22.7 Å². The van der Waals surface area contributed by atoms with Crippen molar-refractivity contribution < 1.29 is 13.9 Å². The van der Waals surface area contributed by atoms with Crippen LogP contribution in [0.3, 0.4) is 0 Å². The zero-order valence-corrected chi connectivity index (χ0v) is 12.1. The Hall–Kier alpha value is -2.59. The number of benzene rings is 2. The Kier molecular flexibility index (Phi) is 3.94. The quantitative estimate of drug-likeness (QED) is 0.746. The van der Waals surface area contributed by atoms with E-state index in [9.17, 15) is 9.50 Å². The van der Waals surface area contributed by atoms with E-state index < -0.39 is 0 Å². The molecule has 0 amide bonds. The predicted octanol–water partition coefficient (Wildman–Crippen LogP) is 4.92. The zero-order valence-electron chi connectivity index (χ0n) is 11.3. The molecule has 22 heavy (non-hydrogen) atoms. The molecule has 0 aliphatic heterocycles. The molecule has 0 aliphatic rings. The molecule has 0 aliphatic carbocycles. The minimum absolute atomic E-state index is 0.183. The lowest BCUT2D eigenvalue weighted by molar-refractivity contribution is 0.475. The van der Waals surface area contributed by atoms with Crippen molar-refractivity contribution in [2.24, 2.45) is 0 Å². The summed E-state index contributed by atoms with van der Waals surface area (Å²) in [6.45, 7) is 0. The average molecular weight is 316 g/mol. The van der Waals surface area contributed by atoms with Crippen LogP contribution >= 0.6 is 11.6 Å². The number of nitrogens with zero attached hydrogens (tertiary/aromatic N) is 1. The van der Waals surface area contributed by atoms with E-state index in [1.54, 1.807) is 42.5 Å². The van der Waals surface area contributed by atoms with E-state index in [1.165, 1.54) is 18.3 Å². The van der Waals surface area contributed by atoms with E-state index in [4.69, 9.17) is 16.0 Å². The third-order valence-corrected chi connectivity index (χ3v) is 3.30. The third-order valence-electron chi connectivity index (χ3n) is 3.03. The minimum Gasteiger partial charge on any atom is -0.508 e. The van der Waals surface area contributed by atoms with Crippen LogP contribution in [0.5, 0.6) is 5.75 Å². The first-order chi connectivity index (χ1) is 10.6. The Bertz CT molecular complexity index is 807. The highest BCUT2D eigenvalue weighted by molar-refractivity contribution is 6.50. The number of aromatic hydroxyl groups is 1. The highest BCUT2D eigenvalue weighted by atomic mass is 35.5. The minimum atomic E-state index is -0.311. The van der Waals surface area contributed by atoms with Crippen LogP contribution in [0.2, 0.25) is 0 Å². The van der Waals surface area contributed by atoms with Gasteiger partial charge in [-0.2, -0.15) is 0 Å². The molecular weight excluding hydrogens is 305 g/mol. The van der Waals surface area contributed by atoms with Gasteiger partial charge in [0.1, 0.15) is 16.6 Å². The first kappa shape index (κ1) is 14.4. The van der Waals surface area contributed by atoms with Crippen LogP contribution in [0.4, 0.5) is 4.39 Å². The predicted molar refractivity (Wildman–Crippen MR) is 83.7 cm³/mol. The summed E-state index contributed by atoms with van der Waals surface area (Å²) in [6, 6.07) is 12.5. The molecule has 3 nitrogen and oxygen atoms in total. The second-order valence-corrected chi connectivity index (χ2v) is 5.03. The summed E-state index contributed by atoms with van der Waals surface area (Å²) in [7, 11) is 0. The summed E-state index contributed by atoms with van der Waals surface area (Å²) in [5, 5.41) is 9.58. The molecule has 3 rings (SSSR count). The largest absolute Gasteiger partial charge is 0.508 e. The maximum atomic E-state index is 12.9. The molecule has 0 atom stereocenters. The number of phenolic OH excluding ortho intramolecular Hbond substituents is 1. The van der Waals surface area contributed by atoms with Crippen molar-refractivity contribution in [2.75, 3.05) is 0 Å². The summed E-state index contributed by atoms with van der Waals surface area (Å²) >= 11 is 6.19. The van der Waals surface area contributed by atoms with E-state index in [0.717, 1.165) is 5.56 Å². The Morgan fingerprint density at radius 3 is 2.45 bits per heavy atom. The van der Waals surface area contributed by atoms with Crippen LogP contribution in [0.25, 0.3) is 22.4 Å². The van der Waals surface area contributed by atoms with Gasteiger partial charge in [-0.25, -0.2) is 9.37 Å². The lowest BCUT2D eigenvalue weighted by Gasteiger charge is -1.97. The average Bonchev–Trinajstić information content (AvgIpc) is 3.00. The van der Waals surface area contributed by atoms with Gasteiger partial charge >= 0.3 is 0 Å². The maximum absolute atomic E-state index is 12.9. The lowest BCUT2D eigenvalue weighted by Crippen LogP contribution is -1.77. The van der Waals surface area contributed by atoms with E-state index in [1.807, 2.05) is 0 Å². The zero-order chi connectivity index (χ0) is 15.5. The summed E-state index contributed by atoms with van der Waals surface area (Å²) in [5.41, 5.74) is 1.53. The van der Waals surface area contributed by atoms with Gasteiger partial charge < -0.3 is 9.52 Å². The van der Waals surface area contributed by atoms with Gasteiger partial charge in [-0.3, -0.25) is 0 Å². The molecule has 0 spiro atoms. The Morgan fingerprint density at radius 2 is 1.77 bits per heavy atom. The number of hydrogen-bond donors (Lipinski definition) is 1. The molecule has 0 saturated carbocycles. The van der Waals surface area contributed by atoms with Crippen LogP contribution < -0.4 is 0 Å². The Labute approximate surface area is 131 Å². The summed E-state index contributed by atoms with van der Waals surface area (Å²) in [5.74, 6) is 0.651. The van der Waals surface area contributed by atoms with Gasteiger partial charge in [0.25, 0.3) is 0 Å². The first-order valence-electron chi connectivity index (χ1n) is 6.50. The summed E-state index contributed by atoms with van der Waals surface area (Å²) < 4.78 is 18.5. The van der Waals surface area contributed by atoms with Crippen molar-refractivity contribution in [3.05, 3.63) is 72.0 Å². The third kappa shape index (κ3) is 3.18. The fraction of sp³-hybridized carbons (Fsp3) is 0. The van der Waals surface area contributed by atoms with Crippen molar-refractivity contribution in [3.63, 3.8) is 0 Å². The van der Waals surface area contributed by atoms with Gasteiger partial charge in [0.15, 0.2) is 5.76 Å². The van der Waals surface area contributed by atoms with E-state index >= 15 is 0 Å². The van der Waals surface area contributed by atoms with Crippen LogP contribution in [0.15, 0.2) is 59.1 Å². The van der Waals surface area contributed by atoms with Crippen LogP contribution in [0, 0.1) is 5.82 Å². The SMILES string of the molecule is Oc1ccc(/C=C(/Cl)c2ncc(-c3ccc(F)cc3)o2)cc1. The molecular formula is C17H11ClFNO2. The summed E-state index contributed by atoms with van der Waals surface area (Å²) in [4.78, 5) is 4.12. The first-order valence-corrected chi connectivity index (χ1v) is 6.88. The van der Waals surface area contributed by atoms with Gasteiger partial charge in [-0.1, -0.05) is 23.7 Å². The summed E-state index contributed by atoms with van der Waals surface area (Å²) in [6.07, 6.45) is 3.22. The smallest absolute Gasteiger partial charge is 0.238 e. The number of phenols is 1. The molecule has 0 saturated heterocycles. The highest BCUT2D eigenvalue weighted by Gasteiger charge is 2.09. The standard InChI is InChI=1S/C17H11ClFNO2/c18-15(9-11-1-7-14(21)8-2-11)17-20-10-16(22-17)12-3-5-13(19)6-4-12/h1-10,21H/b15-9+. The van der Waals surface area contributed by atoms with Crippen LogP contribution in [-0.4, -0.2) is 10.1 Å². The molecule has 110 valence electrons. The molecule has 3 aromatic rings. The van der Waals surface area contributed by atoms with Gasteiger partial charge in [-0.05, 0) is 48.0 Å². The molecule has 1 aromatic heterocycles. The Balaban J connectivity index is 1.86. The lowest BCUT2D eigenvalue weighted by atomic mass is 10.2. The van der Waals surface area contributed by atoms with Crippen LogP contribution in [0.1, 0.15) is 11.5 Å². The normalized spacial score (nSPS) is 11.6. The van der Waals surface area contributed by atoms with Crippen molar-refractivity contribution in [2.45, 2.75) is 0 Å². The second-order valence-electron chi connectivity index (χ2n) is 4.62. The van der Waals surface area contributed by atoms with Gasteiger partial charge in [0.2, 0.25) is 5.89 Å². The monoisotopic (exact) mass is 315 g/mol. The molecule has 0 radical (unpaired) electrons. The topological polar surface area (TPSA) is 46.3 Å². The molecule has 0 fully saturated rings. The van der Waals surface area contributed by atoms with Crippen molar-refractivity contribution in [1.29, 1.82) is 0 Å². The maximum Gasteiger partial charge on any atom is 0.238 e. The Morgan fingerprint density at radius 1 is 1.09 bits per heavy atom. The number of rotatable bonds is 3. The van der Waals surface area contributed by atoms with Gasteiger partial charge in [0.05, 0.1) is 6.20 Å². The van der Waals surface area contributed by atoms with Gasteiger partial charge in [-0.15, -0.1) is 0 Å². The molecule has 0 unspecified atom stereocenters. The molecule has 2 aromatic carbocycles. The number of hydrogen-bond acceptors (Lipinski definition) is 3. The van der Waals surface area contributed by atoms with E-state index in [2.05, 4.69) is 4.98 Å². The molecule has 0 bridgehead atoms. The van der Waals surface area contributed by atoms with Crippen molar-refractivity contribution in [3.8, 4) is 17.1 Å². The molecule has 1 heterocycles. The van der Waals surface area contributed by atoms with Crippen molar-refractivity contribution in [1.82, 2.24) is 4.98 Å². The number of oxazole rings is 1. The second kappa shape index (κ2) is 6.03. The molecule has 1 N–H and O–H groups in total. The molecule has 5 heteroatoms. The fourth-order valence-electron chi connectivity index (χ4n) is 1.91. The fourth-order valence-corrected chi connectivity index (χ4v) is 2.12.